The Morgan fingerprint density at radius 3 is 1.44 bits per heavy atom. The summed E-state index contributed by atoms with van der Waals surface area (Å²) in [5.74, 6) is 1.82. The maximum Gasteiger partial charge on any atom is 0.167 e. The molecule has 0 fully saturated rings. The molecule has 2 aromatic heterocycles. The maximum atomic E-state index is 6.93. The Balaban J connectivity index is 1.23. The van der Waals surface area contributed by atoms with E-state index in [0.717, 1.165) is 38.6 Å². The first-order valence-corrected chi connectivity index (χ1v) is 17.0. The van der Waals surface area contributed by atoms with Crippen LogP contribution in [0.15, 0.2) is 168 Å². The molecule has 2 heterocycles. The molecule has 2 aliphatic rings. The molecule has 7 aromatic carbocycles. The van der Waals surface area contributed by atoms with Crippen molar-refractivity contribution >= 4 is 21.9 Å². The summed E-state index contributed by atoms with van der Waals surface area (Å²) in [7, 11) is 0. The van der Waals surface area contributed by atoms with Gasteiger partial charge in [0.15, 0.2) is 17.5 Å². The number of rotatable bonds is 3. The van der Waals surface area contributed by atoms with E-state index in [1.54, 1.807) is 0 Å². The van der Waals surface area contributed by atoms with Crippen molar-refractivity contribution in [1.82, 2.24) is 15.0 Å². The Kier molecular flexibility index (Phi) is 5.56. The van der Waals surface area contributed by atoms with Gasteiger partial charge in [0.05, 0.1) is 11.0 Å². The molecule has 2 aliphatic carbocycles. The smallest absolute Gasteiger partial charge is 0.167 e. The van der Waals surface area contributed by atoms with E-state index in [1.165, 1.54) is 44.5 Å². The zero-order chi connectivity index (χ0) is 32.8. The van der Waals surface area contributed by atoms with Gasteiger partial charge in [0.1, 0.15) is 11.2 Å². The third-order valence-electron chi connectivity index (χ3n) is 10.6. The van der Waals surface area contributed by atoms with Crippen molar-refractivity contribution in [3.05, 3.63) is 186 Å². The molecule has 4 heteroatoms. The van der Waals surface area contributed by atoms with Crippen molar-refractivity contribution < 1.29 is 4.42 Å². The lowest BCUT2D eigenvalue weighted by atomic mass is 9.69. The molecule has 0 unspecified atom stereocenters. The lowest BCUT2D eigenvalue weighted by Crippen LogP contribution is -2.26. The highest BCUT2D eigenvalue weighted by Gasteiger charge is 2.52. The van der Waals surface area contributed by atoms with E-state index < -0.39 is 5.41 Å². The van der Waals surface area contributed by atoms with E-state index >= 15 is 0 Å². The van der Waals surface area contributed by atoms with Gasteiger partial charge in [-0.3, -0.25) is 0 Å². The number of hydrogen-bond donors (Lipinski definition) is 0. The normalized spacial score (nSPS) is 13.4. The minimum absolute atomic E-state index is 0.487. The van der Waals surface area contributed by atoms with Crippen molar-refractivity contribution in [2.45, 2.75) is 5.41 Å². The van der Waals surface area contributed by atoms with Gasteiger partial charge in [0.2, 0.25) is 0 Å². The summed E-state index contributed by atoms with van der Waals surface area (Å²) >= 11 is 0. The van der Waals surface area contributed by atoms with E-state index in [0.29, 0.717) is 17.5 Å². The second-order valence-electron chi connectivity index (χ2n) is 13.1. The van der Waals surface area contributed by atoms with E-state index in [4.69, 9.17) is 19.4 Å². The molecule has 0 atom stereocenters. The lowest BCUT2D eigenvalue weighted by Gasteiger charge is -2.31. The Morgan fingerprint density at radius 2 is 0.860 bits per heavy atom. The van der Waals surface area contributed by atoms with Crippen LogP contribution in [-0.4, -0.2) is 15.0 Å². The molecule has 11 rings (SSSR count). The summed E-state index contributed by atoms with van der Waals surface area (Å²) in [4.78, 5) is 15.1. The van der Waals surface area contributed by atoms with Crippen LogP contribution >= 0.6 is 0 Å². The first-order chi connectivity index (χ1) is 24.8. The molecular weight excluding hydrogens is 611 g/mol. The fraction of sp³-hybridized carbons (Fsp3) is 0.0217. The molecule has 0 N–H and O–H groups in total. The van der Waals surface area contributed by atoms with Gasteiger partial charge in [-0.15, -0.1) is 0 Å². The van der Waals surface area contributed by atoms with Gasteiger partial charge in [0.25, 0.3) is 0 Å². The van der Waals surface area contributed by atoms with Crippen molar-refractivity contribution in [3.63, 3.8) is 0 Å². The van der Waals surface area contributed by atoms with Gasteiger partial charge in [-0.05, 0) is 56.6 Å². The number of benzene rings is 7. The van der Waals surface area contributed by atoms with E-state index in [-0.39, 0.29) is 0 Å². The topological polar surface area (TPSA) is 51.8 Å². The zero-order valence-corrected chi connectivity index (χ0v) is 26.8. The van der Waals surface area contributed by atoms with Crippen molar-refractivity contribution in [2.24, 2.45) is 0 Å². The highest BCUT2D eigenvalue weighted by molar-refractivity contribution is 6.15. The highest BCUT2D eigenvalue weighted by atomic mass is 16.3. The molecule has 0 saturated heterocycles. The lowest BCUT2D eigenvalue weighted by molar-refractivity contribution is 0.668. The molecule has 9 aromatic rings. The Hall–Kier alpha value is -6.65. The standard InChI is InChI=1S/C46H27N3O/c1-3-14-28(15-4-1)43-47-44(29-16-5-2-6-17-29)49-45(48-43)35-22-13-21-34-40-39(50-42(34)35)27-26-33-32-20-9-12-25-38(32)46(41(33)40)36-23-10-7-18-30(36)31-19-8-11-24-37(31)46/h1-27H. The quantitative estimate of drug-likeness (QED) is 0.193. The highest BCUT2D eigenvalue weighted by Crippen LogP contribution is 2.64. The zero-order valence-electron chi connectivity index (χ0n) is 26.8. The summed E-state index contributed by atoms with van der Waals surface area (Å²) in [6.07, 6.45) is 0. The average Bonchev–Trinajstić information content (AvgIpc) is 3.82. The number of nitrogens with zero attached hydrogens (tertiary/aromatic N) is 3. The van der Waals surface area contributed by atoms with Crippen LogP contribution in [0.25, 0.3) is 78.4 Å². The molecule has 0 amide bonds. The van der Waals surface area contributed by atoms with E-state index in [2.05, 4.69) is 103 Å². The Labute approximate surface area is 288 Å². The van der Waals surface area contributed by atoms with Crippen LogP contribution in [0.2, 0.25) is 0 Å². The van der Waals surface area contributed by atoms with Crippen LogP contribution in [-0.2, 0) is 5.41 Å². The van der Waals surface area contributed by atoms with E-state index in [1.807, 2.05) is 60.7 Å². The average molecular weight is 638 g/mol. The fourth-order valence-electron chi connectivity index (χ4n) is 8.58. The summed E-state index contributed by atoms with van der Waals surface area (Å²) in [6, 6.07) is 57.7. The molecule has 0 saturated carbocycles. The second-order valence-corrected chi connectivity index (χ2v) is 13.1. The fourth-order valence-corrected chi connectivity index (χ4v) is 8.58. The van der Waals surface area contributed by atoms with E-state index in [9.17, 15) is 0 Å². The van der Waals surface area contributed by atoms with Gasteiger partial charge >= 0.3 is 0 Å². The second kappa shape index (κ2) is 10.2. The van der Waals surface area contributed by atoms with Crippen LogP contribution in [0.4, 0.5) is 0 Å². The van der Waals surface area contributed by atoms with Crippen molar-refractivity contribution in [1.29, 1.82) is 0 Å². The van der Waals surface area contributed by atoms with Gasteiger partial charge in [-0.1, -0.05) is 152 Å². The van der Waals surface area contributed by atoms with Crippen molar-refractivity contribution in [2.75, 3.05) is 0 Å². The summed E-state index contributed by atoms with van der Waals surface area (Å²) in [5.41, 5.74) is 14.1. The Bertz CT molecular complexity index is 2700. The van der Waals surface area contributed by atoms with Gasteiger partial charge in [-0.2, -0.15) is 0 Å². The van der Waals surface area contributed by atoms with Crippen molar-refractivity contribution in [3.8, 4) is 56.4 Å². The van der Waals surface area contributed by atoms with Crippen LogP contribution in [0.1, 0.15) is 22.3 Å². The number of hydrogen-bond acceptors (Lipinski definition) is 4. The molecule has 0 aliphatic heterocycles. The Morgan fingerprint density at radius 1 is 0.380 bits per heavy atom. The molecule has 0 bridgehead atoms. The van der Waals surface area contributed by atoms with Crippen LogP contribution in [0.3, 0.4) is 0 Å². The minimum Gasteiger partial charge on any atom is -0.455 e. The predicted molar refractivity (Wildman–Crippen MR) is 200 cm³/mol. The van der Waals surface area contributed by atoms with Gasteiger partial charge < -0.3 is 4.42 Å². The summed E-state index contributed by atoms with van der Waals surface area (Å²) in [6.45, 7) is 0. The predicted octanol–water partition coefficient (Wildman–Crippen LogP) is 11.1. The number of fused-ring (bicyclic) bond motifs is 14. The molecule has 4 nitrogen and oxygen atoms in total. The van der Waals surface area contributed by atoms with Crippen LogP contribution in [0, 0.1) is 0 Å². The van der Waals surface area contributed by atoms with Gasteiger partial charge in [-0.25, -0.2) is 15.0 Å². The third kappa shape index (κ3) is 3.57. The molecule has 50 heavy (non-hydrogen) atoms. The number of aromatic nitrogens is 3. The molecule has 232 valence electrons. The summed E-state index contributed by atoms with van der Waals surface area (Å²) < 4.78 is 6.93. The van der Waals surface area contributed by atoms with Crippen LogP contribution < -0.4 is 0 Å². The third-order valence-corrected chi connectivity index (χ3v) is 10.6. The first-order valence-electron chi connectivity index (χ1n) is 17.0. The summed E-state index contributed by atoms with van der Waals surface area (Å²) in [5, 5.41) is 2.18. The first kappa shape index (κ1) is 27.3. The SMILES string of the molecule is c1ccc(-c2nc(-c3ccccc3)nc(-c3cccc4c3oc3ccc5c(c34)C3(c4ccccc4-c4ccccc43)c3ccccc3-5)n2)cc1. The van der Waals surface area contributed by atoms with Gasteiger partial charge in [0, 0.05) is 21.9 Å². The number of furan rings is 1. The molecule has 1 spiro atoms. The monoisotopic (exact) mass is 637 g/mol. The maximum absolute atomic E-state index is 6.93. The number of para-hydroxylation sites is 1. The molecule has 0 radical (unpaired) electrons. The minimum atomic E-state index is -0.487. The molecular formula is C46H27N3O. The largest absolute Gasteiger partial charge is 0.455 e. The van der Waals surface area contributed by atoms with Crippen LogP contribution in [0.5, 0.6) is 0 Å².